The Bertz CT molecular complexity index is 439. The SMILES string of the molecule is CCOC(=O)c1ccc(C(O)C(O)CC(=O)O)cc1. The van der Waals surface area contributed by atoms with Crippen LogP contribution in [0.2, 0.25) is 0 Å². The van der Waals surface area contributed by atoms with Crippen molar-refractivity contribution >= 4 is 11.9 Å². The maximum Gasteiger partial charge on any atom is 0.338 e. The first-order chi connectivity index (χ1) is 8.95. The molecule has 1 aromatic rings. The monoisotopic (exact) mass is 268 g/mol. The number of carbonyl (C=O) groups is 2. The van der Waals surface area contributed by atoms with Gasteiger partial charge in [0.15, 0.2) is 0 Å². The summed E-state index contributed by atoms with van der Waals surface area (Å²) in [6.45, 7) is 1.96. The lowest BCUT2D eigenvalue weighted by atomic mass is 10.0. The fourth-order valence-corrected chi connectivity index (χ4v) is 1.54. The van der Waals surface area contributed by atoms with Crippen LogP contribution in [0.4, 0.5) is 0 Å². The van der Waals surface area contributed by atoms with Crippen LogP contribution in [0.15, 0.2) is 24.3 Å². The Morgan fingerprint density at radius 3 is 2.26 bits per heavy atom. The Morgan fingerprint density at radius 2 is 1.79 bits per heavy atom. The van der Waals surface area contributed by atoms with Gasteiger partial charge in [0.1, 0.15) is 6.10 Å². The van der Waals surface area contributed by atoms with E-state index in [0.717, 1.165) is 0 Å². The highest BCUT2D eigenvalue weighted by Gasteiger charge is 2.21. The van der Waals surface area contributed by atoms with E-state index in [-0.39, 0.29) is 6.61 Å². The van der Waals surface area contributed by atoms with Gasteiger partial charge in [0.2, 0.25) is 0 Å². The van der Waals surface area contributed by atoms with Gasteiger partial charge in [-0.05, 0) is 24.6 Å². The molecule has 104 valence electrons. The lowest BCUT2D eigenvalue weighted by molar-refractivity contribution is -0.141. The van der Waals surface area contributed by atoms with Gasteiger partial charge in [0, 0.05) is 0 Å². The quantitative estimate of drug-likeness (QED) is 0.657. The maximum absolute atomic E-state index is 11.4. The molecule has 2 atom stereocenters. The van der Waals surface area contributed by atoms with E-state index in [2.05, 4.69) is 0 Å². The molecule has 0 aliphatic rings. The zero-order chi connectivity index (χ0) is 14.4. The van der Waals surface area contributed by atoms with Gasteiger partial charge >= 0.3 is 11.9 Å². The van der Waals surface area contributed by atoms with Crippen LogP contribution >= 0.6 is 0 Å². The third-order valence-electron chi connectivity index (χ3n) is 2.51. The molecule has 6 nitrogen and oxygen atoms in total. The van der Waals surface area contributed by atoms with Crippen molar-refractivity contribution < 1.29 is 29.6 Å². The molecule has 0 aromatic heterocycles. The van der Waals surface area contributed by atoms with Gasteiger partial charge in [-0.2, -0.15) is 0 Å². The van der Waals surface area contributed by atoms with Gasteiger partial charge in [-0.3, -0.25) is 4.79 Å². The number of carboxylic acids is 1. The summed E-state index contributed by atoms with van der Waals surface area (Å²) in [5.74, 6) is -1.68. The van der Waals surface area contributed by atoms with Gasteiger partial charge in [0.25, 0.3) is 0 Å². The zero-order valence-electron chi connectivity index (χ0n) is 10.4. The van der Waals surface area contributed by atoms with Gasteiger partial charge in [-0.1, -0.05) is 12.1 Å². The highest BCUT2D eigenvalue weighted by Crippen LogP contribution is 2.19. The van der Waals surface area contributed by atoms with Gasteiger partial charge < -0.3 is 20.1 Å². The number of aliphatic hydroxyl groups excluding tert-OH is 2. The van der Waals surface area contributed by atoms with E-state index < -0.39 is 30.6 Å². The molecule has 0 bridgehead atoms. The van der Waals surface area contributed by atoms with E-state index in [4.69, 9.17) is 9.84 Å². The molecular formula is C13H16O6. The van der Waals surface area contributed by atoms with Crippen molar-refractivity contribution in [3.05, 3.63) is 35.4 Å². The van der Waals surface area contributed by atoms with Crippen LogP contribution in [0, 0.1) is 0 Å². The predicted molar refractivity (Wildman–Crippen MR) is 65.6 cm³/mol. The van der Waals surface area contributed by atoms with Crippen molar-refractivity contribution in [2.24, 2.45) is 0 Å². The summed E-state index contributed by atoms with van der Waals surface area (Å²) in [7, 11) is 0. The van der Waals surface area contributed by atoms with Crippen molar-refractivity contribution in [1.29, 1.82) is 0 Å². The average molecular weight is 268 g/mol. The zero-order valence-corrected chi connectivity index (χ0v) is 10.4. The molecule has 0 spiro atoms. The predicted octanol–water partition coefficient (Wildman–Crippen LogP) is 0.732. The van der Waals surface area contributed by atoms with Crippen molar-refractivity contribution in [2.75, 3.05) is 6.61 Å². The van der Waals surface area contributed by atoms with E-state index in [9.17, 15) is 19.8 Å². The third kappa shape index (κ3) is 4.35. The number of carboxylic acid groups (broad SMARTS) is 1. The molecule has 19 heavy (non-hydrogen) atoms. The van der Waals surface area contributed by atoms with Crippen molar-refractivity contribution in [2.45, 2.75) is 25.6 Å². The number of aliphatic carboxylic acids is 1. The van der Waals surface area contributed by atoms with Crippen LogP contribution < -0.4 is 0 Å². The van der Waals surface area contributed by atoms with Crippen LogP contribution in [0.25, 0.3) is 0 Å². The summed E-state index contributed by atoms with van der Waals surface area (Å²) in [6.07, 6.45) is -3.26. The first kappa shape index (κ1) is 15.1. The Morgan fingerprint density at radius 1 is 1.21 bits per heavy atom. The molecule has 0 aliphatic carbocycles. The molecule has 1 rings (SSSR count). The van der Waals surface area contributed by atoms with Crippen LogP contribution in [-0.4, -0.2) is 40.0 Å². The Kier molecular flexibility index (Phi) is 5.47. The molecule has 1 aromatic carbocycles. The van der Waals surface area contributed by atoms with Crippen LogP contribution in [-0.2, 0) is 9.53 Å². The van der Waals surface area contributed by atoms with Crippen LogP contribution in [0.3, 0.4) is 0 Å². The van der Waals surface area contributed by atoms with Crippen molar-refractivity contribution in [1.82, 2.24) is 0 Å². The number of esters is 1. The second-order valence-electron chi connectivity index (χ2n) is 3.95. The number of hydrogen-bond donors (Lipinski definition) is 3. The lowest BCUT2D eigenvalue weighted by Crippen LogP contribution is -2.21. The fourth-order valence-electron chi connectivity index (χ4n) is 1.54. The fraction of sp³-hybridized carbons (Fsp3) is 0.385. The Labute approximate surface area is 110 Å². The van der Waals surface area contributed by atoms with E-state index in [1.165, 1.54) is 24.3 Å². The number of benzene rings is 1. The first-order valence-corrected chi connectivity index (χ1v) is 5.80. The minimum atomic E-state index is -1.40. The Hall–Kier alpha value is -1.92. The Balaban J connectivity index is 2.75. The number of hydrogen-bond acceptors (Lipinski definition) is 5. The van der Waals surface area contributed by atoms with Gasteiger partial charge in [0.05, 0.1) is 24.7 Å². The van der Waals surface area contributed by atoms with Crippen molar-refractivity contribution in [3.8, 4) is 0 Å². The lowest BCUT2D eigenvalue weighted by Gasteiger charge is -2.16. The molecule has 0 fully saturated rings. The highest BCUT2D eigenvalue weighted by atomic mass is 16.5. The third-order valence-corrected chi connectivity index (χ3v) is 2.51. The molecule has 6 heteroatoms. The summed E-state index contributed by atoms with van der Waals surface area (Å²) in [4.78, 5) is 21.8. The summed E-state index contributed by atoms with van der Waals surface area (Å²) in [6, 6.07) is 5.79. The molecule has 0 amide bonds. The number of carbonyl (C=O) groups excluding carboxylic acids is 1. The highest BCUT2D eigenvalue weighted by molar-refractivity contribution is 5.89. The number of ether oxygens (including phenoxy) is 1. The molecule has 0 radical (unpaired) electrons. The van der Waals surface area contributed by atoms with E-state index >= 15 is 0 Å². The first-order valence-electron chi connectivity index (χ1n) is 5.80. The minimum Gasteiger partial charge on any atom is -0.481 e. The van der Waals surface area contributed by atoms with Crippen molar-refractivity contribution in [3.63, 3.8) is 0 Å². The molecule has 0 saturated heterocycles. The molecule has 3 N–H and O–H groups in total. The van der Waals surface area contributed by atoms with Gasteiger partial charge in [-0.25, -0.2) is 4.79 Å². The second kappa shape index (κ2) is 6.86. The van der Waals surface area contributed by atoms with E-state index in [0.29, 0.717) is 11.1 Å². The standard InChI is InChI=1S/C13H16O6/c1-2-19-13(18)9-5-3-8(4-6-9)12(17)10(14)7-11(15)16/h3-6,10,12,14,17H,2,7H2,1H3,(H,15,16). The molecule has 0 heterocycles. The molecular weight excluding hydrogens is 252 g/mol. The maximum atomic E-state index is 11.4. The largest absolute Gasteiger partial charge is 0.481 e. The average Bonchev–Trinajstić information content (AvgIpc) is 2.37. The van der Waals surface area contributed by atoms with E-state index in [1.54, 1.807) is 6.92 Å². The summed E-state index contributed by atoms with van der Waals surface area (Å²) in [5.41, 5.74) is 0.660. The number of rotatable bonds is 6. The smallest absolute Gasteiger partial charge is 0.338 e. The molecule has 2 unspecified atom stereocenters. The molecule has 0 aliphatic heterocycles. The summed E-state index contributed by atoms with van der Waals surface area (Å²) >= 11 is 0. The topological polar surface area (TPSA) is 104 Å². The summed E-state index contributed by atoms with van der Waals surface area (Å²) < 4.78 is 4.80. The molecule has 0 saturated carbocycles. The van der Waals surface area contributed by atoms with Crippen LogP contribution in [0.1, 0.15) is 35.4 Å². The summed E-state index contributed by atoms with van der Waals surface area (Å²) in [5, 5.41) is 27.7. The minimum absolute atomic E-state index is 0.264. The van der Waals surface area contributed by atoms with Crippen LogP contribution in [0.5, 0.6) is 0 Å². The normalized spacial score (nSPS) is 13.6. The number of aliphatic hydroxyl groups is 2. The van der Waals surface area contributed by atoms with Gasteiger partial charge in [-0.15, -0.1) is 0 Å². The second-order valence-corrected chi connectivity index (χ2v) is 3.95. The van der Waals surface area contributed by atoms with E-state index in [1.807, 2.05) is 0 Å².